The third-order valence-electron chi connectivity index (χ3n) is 2.47. The molecule has 0 aliphatic rings. The smallest absolute Gasteiger partial charge is 0.0551 e. The molecule has 0 spiro atoms. The Balaban J connectivity index is 3.19. The van der Waals surface area contributed by atoms with E-state index in [4.69, 9.17) is 23.2 Å². The molecule has 78 valence electrons. The molecule has 3 heteroatoms. The van der Waals surface area contributed by atoms with Crippen LogP contribution in [0.3, 0.4) is 0 Å². The highest BCUT2D eigenvalue weighted by atomic mass is 79.9. The first-order valence-corrected chi connectivity index (χ1v) is 6.34. The summed E-state index contributed by atoms with van der Waals surface area (Å²) >= 11 is 15.3. The van der Waals surface area contributed by atoms with Crippen molar-refractivity contribution in [1.82, 2.24) is 0 Å². The fourth-order valence-electron chi connectivity index (χ4n) is 1.40. The largest absolute Gasteiger partial charge is 0.122 e. The van der Waals surface area contributed by atoms with E-state index in [2.05, 4.69) is 29.8 Å². The van der Waals surface area contributed by atoms with Crippen molar-refractivity contribution in [2.75, 3.05) is 0 Å². The molecule has 0 saturated heterocycles. The zero-order valence-corrected chi connectivity index (χ0v) is 11.4. The number of benzene rings is 1. The summed E-state index contributed by atoms with van der Waals surface area (Å²) in [6.07, 6.45) is 1.10. The molecule has 0 bridgehead atoms. The second-order valence-corrected chi connectivity index (χ2v) is 4.94. The first-order chi connectivity index (χ1) is 6.60. The topological polar surface area (TPSA) is 0 Å². The van der Waals surface area contributed by atoms with Gasteiger partial charge in [0, 0.05) is 10.4 Å². The molecule has 0 aliphatic heterocycles. The molecule has 0 nitrogen and oxygen atoms in total. The molecule has 14 heavy (non-hydrogen) atoms. The Labute approximate surface area is 104 Å². The predicted octanol–water partition coefficient (Wildman–Crippen LogP) is 5.35. The maximum atomic E-state index is 6.05. The summed E-state index contributed by atoms with van der Waals surface area (Å²) < 4.78 is 0.918. The number of alkyl halides is 1. The van der Waals surface area contributed by atoms with Gasteiger partial charge in [0.05, 0.1) is 5.02 Å². The van der Waals surface area contributed by atoms with Gasteiger partial charge in [-0.3, -0.25) is 0 Å². The van der Waals surface area contributed by atoms with Gasteiger partial charge in [0.2, 0.25) is 0 Å². The van der Waals surface area contributed by atoms with Crippen LogP contribution in [0.2, 0.25) is 5.02 Å². The van der Waals surface area contributed by atoms with Crippen LogP contribution in [-0.4, -0.2) is 0 Å². The van der Waals surface area contributed by atoms with Gasteiger partial charge in [-0.15, -0.1) is 11.6 Å². The lowest BCUT2D eigenvalue weighted by atomic mass is 9.94. The number of rotatable bonds is 3. The SMILES string of the molecule is CCC(C)c1cc(Cl)c(Br)cc1CCl. The van der Waals surface area contributed by atoms with Gasteiger partial charge in [-0.1, -0.05) is 25.4 Å². The van der Waals surface area contributed by atoms with Crippen LogP contribution in [0.15, 0.2) is 16.6 Å². The molecule has 0 radical (unpaired) electrons. The minimum atomic E-state index is 0.509. The van der Waals surface area contributed by atoms with E-state index in [1.807, 2.05) is 12.1 Å². The summed E-state index contributed by atoms with van der Waals surface area (Å²) in [4.78, 5) is 0. The van der Waals surface area contributed by atoms with Crippen molar-refractivity contribution in [1.29, 1.82) is 0 Å². The van der Waals surface area contributed by atoms with Crippen LogP contribution in [0.4, 0.5) is 0 Å². The fourth-order valence-corrected chi connectivity index (χ4v) is 2.19. The van der Waals surface area contributed by atoms with Gasteiger partial charge in [0.1, 0.15) is 0 Å². The maximum absolute atomic E-state index is 6.05. The minimum Gasteiger partial charge on any atom is -0.122 e. The second-order valence-electron chi connectivity index (χ2n) is 3.41. The summed E-state index contributed by atoms with van der Waals surface area (Å²) in [5.41, 5.74) is 2.42. The van der Waals surface area contributed by atoms with E-state index in [0.29, 0.717) is 11.8 Å². The van der Waals surface area contributed by atoms with Crippen LogP contribution in [0.5, 0.6) is 0 Å². The highest BCUT2D eigenvalue weighted by Gasteiger charge is 2.11. The van der Waals surface area contributed by atoms with Crippen LogP contribution in [0, 0.1) is 0 Å². The van der Waals surface area contributed by atoms with Gasteiger partial charge < -0.3 is 0 Å². The third-order valence-corrected chi connectivity index (χ3v) is 3.95. The molecule has 0 N–H and O–H groups in total. The van der Waals surface area contributed by atoms with Crippen LogP contribution >= 0.6 is 39.1 Å². The zero-order valence-electron chi connectivity index (χ0n) is 8.28. The summed E-state index contributed by atoms with van der Waals surface area (Å²) in [6.45, 7) is 4.36. The van der Waals surface area contributed by atoms with E-state index in [-0.39, 0.29) is 0 Å². The van der Waals surface area contributed by atoms with Gasteiger partial charge in [0.25, 0.3) is 0 Å². The Morgan fingerprint density at radius 2 is 2.07 bits per heavy atom. The quantitative estimate of drug-likeness (QED) is 0.659. The van der Waals surface area contributed by atoms with Crippen molar-refractivity contribution in [3.8, 4) is 0 Å². The van der Waals surface area contributed by atoms with Gasteiger partial charge in [0.15, 0.2) is 0 Å². The van der Waals surface area contributed by atoms with Crippen LogP contribution < -0.4 is 0 Å². The lowest BCUT2D eigenvalue weighted by Crippen LogP contribution is -1.97. The highest BCUT2D eigenvalue weighted by Crippen LogP contribution is 2.32. The summed E-state index contributed by atoms with van der Waals surface area (Å²) in [7, 11) is 0. The average Bonchev–Trinajstić information content (AvgIpc) is 2.20. The van der Waals surface area contributed by atoms with Crippen molar-refractivity contribution < 1.29 is 0 Å². The molecular formula is C11H13BrCl2. The Kier molecular flexibility index (Phi) is 4.75. The third kappa shape index (κ3) is 2.65. The van der Waals surface area contributed by atoms with Crippen molar-refractivity contribution in [2.24, 2.45) is 0 Å². The number of hydrogen-bond acceptors (Lipinski definition) is 0. The maximum Gasteiger partial charge on any atom is 0.0551 e. The van der Waals surface area contributed by atoms with Crippen LogP contribution in [0.25, 0.3) is 0 Å². The monoisotopic (exact) mass is 294 g/mol. The molecule has 0 aliphatic carbocycles. The molecule has 1 aromatic carbocycles. The van der Waals surface area contributed by atoms with Gasteiger partial charge in [-0.25, -0.2) is 0 Å². The normalized spacial score (nSPS) is 12.9. The molecule has 1 rings (SSSR count). The van der Waals surface area contributed by atoms with E-state index in [0.717, 1.165) is 21.5 Å². The Hall–Kier alpha value is 0.280. The Morgan fingerprint density at radius 3 is 2.57 bits per heavy atom. The number of hydrogen-bond donors (Lipinski definition) is 0. The van der Waals surface area contributed by atoms with E-state index in [1.165, 1.54) is 5.56 Å². The fraction of sp³-hybridized carbons (Fsp3) is 0.455. The average molecular weight is 296 g/mol. The molecule has 1 aromatic rings. The van der Waals surface area contributed by atoms with Crippen LogP contribution in [-0.2, 0) is 5.88 Å². The molecule has 0 fully saturated rings. The van der Waals surface area contributed by atoms with Gasteiger partial charge in [-0.05, 0) is 51.5 Å². The van der Waals surface area contributed by atoms with E-state index in [1.54, 1.807) is 0 Å². The van der Waals surface area contributed by atoms with Gasteiger partial charge in [-0.2, -0.15) is 0 Å². The zero-order chi connectivity index (χ0) is 10.7. The molecule has 0 aromatic heterocycles. The lowest BCUT2D eigenvalue weighted by molar-refractivity contribution is 0.727. The van der Waals surface area contributed by atoms with E-state index < -0.39 is 0 Å². The van der Waals surface area contributed by atoms with Gasteiger partial charge >= 0.3 is 0 Å². The van der Waals surface area contributed by atoms with Crippen molar-refractivity contribution in [2.45, 2.75) is 32.1 Å². The Bertz CT molecular complexity index is 323. The van der Waals surface area contributed by atoms with Crippen molar-refractivity contribution in [3.05, 3.63) is 32.8 Å². The molecular weight excluding hydrogens is 283 g/mol. The number of halogens is 3. The van der Waals surface area contributed by atoms with Crippen LogP contribution in [0.1, 0.15) is 37.3 Å². The summed E-state index contributed by atoms with van der Waals surface area (Å²) in [5.74, 6) is 1.05. The molecule has 0 heterocycles. The molecule has 1 atom stereocenters. The highest BCUT2D eigenvalue weighted by molar-refractivity contribution is 9.10. The molecule has 1 unspecified atom stereocenters. The predicted molar refractivity (Wildman–Crippen MR) is 67.4 cm³/mol. The van der Waals surface area contributed by atoms with E-state index in [9.17, 15) is 0 Å². The van der Waals surface area contributed by atoms with Crippen molar-refractivity contribution >= 4 is 39.1 Å². The first-order valence-electron chi connectivity index (χ1n) is 4.63. The lowest BCUT2D eigenvalue weighted by Gasteiger charge is -2.14. The van der Waals surface area contributed by atoms with E-state index >= 15 is 0 Å². The first kappa shape index (κ1) is 12.4. The molecule has 0 amide bonds. The second kappa shape index (κ2) is 5.39. The summed E-state index contributed by atoms with van der Waals surface area (Å²) in [6, 6.07) is 4.02. The molecule has 0 saturated carbocycles. The van der Waals surface area contributed by atoms with Crippen molar-refractivity contribution in [3.63, 3.8) is 0 Å². The standard InChI is InChI=1S/C11H13BrCl2/c1-3-7(2)9-5-11(14)10(12)4-8(9)6-13/h4-5,7H,3,6H2,1-2H3. The minimum absolute atomic E-state index is 0.509. The Morgan fingerprint density at radius 1 is 1.43 bits per heavy atom. The summed E-state index contributed by atoms with van der Waals surface area (Å²) in [5, 5.41) is 0.758.